The van der Waals surface area contributed by atoms with Gasteiger partial charge in [0, 0.05) is 0 Å². The number of aryl methyl sites for hydroxylation is 2. The topological polar surface area (TPSA) is 26.3 Å². The molecule has 1 aromatic carbocycles. The molecule has 0 aliphatic heterocycles. The Balaban J connectivity index is 3.20. The molecule has 0 amide bonds. The highest BCUT2D eigenvalue weighted by atomic mass is 16.5. The number of ether oxygens (including phenoxy) is 1. The van der Waals surface area contributed by atoms with Crippen LogP contribution in [-0.2, 0) is 16.0 Å². The first kappa shape index (κ1) is 15.7. The number of esters is 1. The van der Waals surface area contributed by atoms with Gasteiger partial charge in [-0.25, -0.2) is 0 Å². The van der Waals surface area contributed by atoms with E-state index in [0.717, 1.165) is 6.42 Å². The van der Waals surface area contributed by atoms with Crippen molar-refractivity contribution in [2.24, 2.45) is 11.8 Å². The van der Waals surface area contributed by atoms with E-state index in [1.54, 1.807) is 0 Å². The van der Waals surface area contributed by atoms with E-state index in [2.05, 4.69) is 47.6 Å². The van der Waals surface area contributed by atoms with E-state index in [9.17, 15) is 4.79 Å². The summed E-state index contributed by atoms with van der Waals surface area (Å²) in [4.78, 5) is 11.9. The summed E-state index contributed by atoms with van der Waals surface area (Å²) in [6.45, 7) is 12.7. The highest BCUT2D eigenvalue weighted by Crippen LogP contribution is 2.27. The maximum atomic E-state index is 11.9. The first-order chi connectivity index (χ1) is 8.79. The quantitative estimate of drug-likeness (QED) is 0.769. The zero-order valence-corrected chi connectivity index (χ0v) is 13.3. The molecule has 2 heteroatoms. The molecular formula is C17H26O2. The summed E-state index contributed by atoms with van der Waals surface area (Å²) in [6.07, 6.45) is 0.768. The van der Waals surface area contributed by atoms with Crippen molar-refractivity contribution < 1.29 is 9.53 Å². The Morgan fingerprint density at radius 3 is 1.95 bits per heavy atom. The normalized spacial score (nSPS) is 12.6. The zero-order valence-electron chi connectivity index (χ0n) is 13.3. The Bertz CT molecular complexity index is 446. The number of benzene rings is 1. The predicted molar refractivity (Wildman–Crippen MR) is 79.4 cm³/mol. The molecule has 0 fully saturated rings. The fourth-order valence-corrected chi connectivity index (χ4v) is 2.57. The minimum Gasteiger partial charge on any atom is -0.469 e. The lowest BCUT2D eigenvalue weighted by atomic mass is 9.83. The zero-order chi connectivity index (χ0) is 14.7. The first-order valence-corrected chi connectivity index (χ1v) is 6.93. The van der Waals surface area contributed by atoms with Crippen LogP contribution >= 0.6 is 0 Å². The van der Waals surface area contributed by atoms with Crippen molar-refractivity contribution in [3.05, 3.63) is 33.9 Å². The van der Waals surface area contributed by atoms with E-state index >= 15 is 0 Å². The van der Waals surface area contributed by atoms with Crippen LogP contribution in [0.25, 0.3) is 0 Å². The van der Waals surface area contributed by atoms with Crippen LogP contribution in [0.4, 0.5) is 0 Å². The number of carbonyl (C=O) groups is 1. The smallest absolute Gasteiger partial charge is 0.309 e. The van der Waals surface area contributed by atoms with Gasteiger partial charge in [-0.3, -0.25) is 4.79 Å². The van der Waals surface area contributed by atoms with Crippen LogP contribution in [0.2, 0.25) is 0 Å². The highest BCUT2D eigenvalue weighted by Gasteiger charge is 2.25. The van der Waals surface area contributed by atoms with E-state index in [4.69, 9.17) is 4.74 Å². The van der Waals surface area contributed by atoms with Gasteiger partial charge in [0.05, 0.1) is 13.0 Å². The summed E-state index contributed by atoms with van der Waals surface area (Å²) in [7, 11) is 1.47. The number of hydrogen-bond donors (Lipinski definition) is 0. The van der Waals surface area contributed by atoms with Gasteiger partial charge in [0.25, 0.3) is 0 Å². The van der Waals surface area contributed by atoms with Crippen LogP contribution in [0.15, 0.2) is 6.07 Å². The second kappa shape index (κ2) is 6.23. The fourth-order valence-electron chi connectivity index (χ4n) is 2.57. The molecule has 0 heterocycles. The number of rotatable bonds is 4. The third-order valence-corrected chi connectivity index (χ3v) is 4.25. The Labute approximate surface area is 117 Å². The largest absolute Gasteiger partial charge is 0.469 e. The Kier molecular flexibility index (Phi) is 5.16. The third kappa shape index (κ3) is 3.37. The summed E-state index contributed by atoms with van der Waals surface area (Å²) >= 11 is 0. The minimum atomic E-state index is -0.104. The van der Waals surface area contributed by atoms with Crippen molar-refractivity contribution in [2.75, 3.05) is 7.11 Å². The van der Waals surface area contributed by atoms with E-state index in [1.807, 2.05) is 0 Å². The van der Waals surface area contributed by atoms with E-state index in [-0.39, 0.29) is 17.8 Å². The SMILES string of the molecule is COC(=O)C(Cc1c(C)c(C)cc(C)c1C)C(C)C. The minimum absolute atomic E-state index is 0.0661. The third-order valence-electron chi connectivity index (χ3n) is 4.25. The summed E-state index contributed by atoms with van der Waals surface area (Å²) in [5.74, 6) is 0.114. The van der Waals surface area contributed by atoms with Crippen molar-refractivity contribution in [1.82, 2.24) is 0 Å². The summed E-state index contributed by atoms with van der Waals surface area (Å²) in [6, 6.07) is 2.22. The molecule has 1 unspecified atom stereocenters. The molecule has 0 spiro atoms. The van der Waals surface area contributed by atoms with Crippen molar-refractivity contribution in [2.45, 2.75) is 48.0 Å². The number of carbonyl (C=O) groups excluding carboxylic acids is 1. The van der Waals surface area contributed by atoms with Gasteiger partial charge in [-0.05, 0) is 67.9 Å². The Hall–Kier alpha value is -1.31. The fraction of sp³-hybridized carbons (Fsp3) is 0.588. The van der Waals surface area contributed by atoms with Crippen molar-refractivity contribution in [3.63, 3.8) is 0 Å². The van der Waals surface area contributed by atoms with Crippen molar-refractivity contribution in [3.8, 4) is 0 Å². The van der Waals surface area contributed by atoms with Gasteiger partial charge in [-0.15, -0.1) is 0 Å². The number of methoxy groups -OCH3 is 1. The molecule has 2 nitrogen and oxygen atoms in total. The maximum Gasteiger partial charge on any atom is 0.309 e. The monoisotopic (exact) mass is 262 g/mol. The molecule has 0 aliphatic rings. The van der Waals surface area contributed by atoms with Gasteiger partial charge in [0.15, 0.2) is 0 Å². The molecule has 0 N–H and O–H groups in total. The van der Waals surface area contributed by atoms with E-state index in [1.165, 1.54) is 34.9 Å². The van der Waals surface area contributed by atoms with Gasteiger partial charge in [0.2, 0.25) is 0 Å². The summed E-state index contributed by atoms with van der Waals surface area (Å²) in [5, 5.41) is 0. The maximum absolute atomic E-state index is 11.9. The Morgan fingerprint density at radius 1 is 1.11 bits per heavy atom. The van der Waals surface area contributed by atoms with Gasteiger partial charge in [-0.1, -0.05) is 19.9 Å². The lowest BCUT2D eigenvalue weighted by Crippen LogP contribution is -2.25. The summed E-state index contributed by atoms with van der Waals surface area (Å²) in [5.41, 5.74) is 6.51. The van der Waals surface area contributed by atoms with Crippen LogP contribution in [-0.4, -0.2) is 13.1 Å². The Morgan fingerprint density at radius 2 is 1.58 bits per heavy atom. The second-order valence-corrected chi connectivity index (χ2v) is 5.82. The molecule has 1 atom stereocenters. The van der Waals surface area contributed by atoms with Gasteiger partial charge in [-0.2, -0.15) is 0 Å². The first-order valence-electron chi connectivity index (χ1n) is 6.93. The van der Waals surface area contributed by atoms with Crippen molar-refractivity contribution >= 4 is 5.97 Å². The standard InChI is InChI=1S/C17H26O2/c1-10(2)15(17(18)19-7)9-16-13(5)11(3)8-12(4)14(16)6/h8,10,15H,9H2,1-7H3. The van der Waals surface area contributed by atoms with E-state index < -0.39 is 0 Å². The molecule has 0 saturated carbocycles. The highest BCUT2D eigenvalue weighted by molar-refractivity contribution is 5.73. The predicted octanol–water partition coefficient (Wildman–Crippen LogP) is 3.91. The van der Waals surface area contributed by atoms with Crippen LogP contribution in [0.1, 0.15) is 41.7 Å². The van der Waals surface area contributed by atoms with Gasteiger partial charge in [0.1, 0.15) is 0 Å². The van der Waals surface area contributed by atoms with Crippen LogP contribution in [0.5, 0.6) is 0 Å². The molecule has 0 aliphatic carbocycles. The average molecular weight is 262 g/mol. The van der Waals surface area contributed by atoms with Gasteiger partial charge < -0.3 is 4.74 Å². The molecule has 19 heavy (non-hydrogen) atoms. The molecule has 1 aromatic rings. The van der Waals surface area contributed by atoms with Crippen LogP contribution in [0.3, 0.4) is 0 Å². The van der Waals surface area contributed by atoms with Gasteiger partial charge >= 0.3 is 5.97 Å². The molecular weight excluding hydrogens is 236 g/mol. The molecule has 0 saturated heterocycles. The number of hydrogen-bond acceptors (Lipinski definition) is 2. The molecule has 0 bridgehead atoms. The lowest BCUT2D eigenvalue weighted by molar-refractivity contribution is -0.146. The average Bonchev–Trinajstić information content (AvgIpc) is 2.35. The lowest BCUT2D eigenvalue weighted by Gasteiger charge is -2.22. The molecule has 106 valence electrons. The summed E-state index contributed by atoms with van der Waals surface area (Å²) < 4.78 is 4.95. The molecule has 0 aromatic heterocycles. The van der Waals surface area contributed by atoms with Crippen LogP contribution in [0, 0.1) is 39.5 Å². The van der Waals surface area contributed by atoms with E-state index in [0.29, 0.717) is 0 Å². The van der Waals surface area contributed by atoms with Crippen molar-refractivity contribution in [1.29, 1.82) is 0 Å². The second-order valence-electron chi connectivity index (χ2n) is 5.82. The molecule has 0 radical (unpaired) electrons. The van der Waals surface area contributed by atoms with Crippen LogP contribution < -0.4 is 0 Å². The molecule has 1 rings (SSSR count).